The van der Waals surface area contributed by atoms with Crippen molar-refractivity contribution in [1.82, 2.24) is 5.32 Å². The Balaban J connectivity index is 3.16. The molecule has 0 aromatic rings. The van der Waals surface area contributed by atoms with E-state index in [1.165, 1.54) is 0 Å². The zero-order valence-corrected chi connectivity index (χ0v) is 8.48. The van der Waals surface area contributed by atoms with Crippen LogP contribution in [0.4, 0.5) is 0 Å². The lowest BCUT2D eigenvalue weighted by molar-refractivity contribution is -0.120. The Hall–Kier alpha value is -0.710. The highest BCUT2D eigenvalue weighted by Crippen LogP contribution is 1.92. The van der Waals surface area contributed by atoms with Crippen LogP contribution >= 0.6 is 12.6 Å². The molecule has 0 rings (SSSR count). The van der Waals surface area contributed by atoms with E-state index in [9.17, 15) is 9.59 Å². The molecule has 76 valence electrons. The molecule has 3 N–H and O–H groups in total. The van der Waals surface area contributed by atoms with Crippen molar-refractivity contribution in [3.63, 3.8) is 0 Å². The van der Waals surface area contributed by atoms with E-state index in [1.54, 1.807) is 0 Å². The number of nitrogens with two attached hydrogens (primary N) is 1. The Bertz CT molecular complexity index is 174. The lowest BCUT2D eigenvalue weighted by Gasteiger charge is -2.02. The molecule has 5 heteroatoms. The zero-order valence-electron chi connectivity index (χ0n) is 7.58. The van der Waals surface area contributed by atoms with Crippen LogP contribution in [0.15, 0.2) is 0 Å². The van der Waals surface area contributed by atoms with Crippen molar-refractivity contribution in [2.75, 3.05) is 12.3 Å². The van der Waals surface area contributed by atoms with Crippen molar-refractivity contribution in [3.8, 4) is 0 Å². The Morgan fingerprint density at radius 1 is 1.23 bits per heavy atom. The smallest absolute Gasteiger partial charge is 0.220 e. The second kappa shape index (κ2) is 7.91. The third kappa shape index (κ3) is 9.20. The summed E-state index contributed by atoms with van der Waals surface area (Å²) < 4.78 is 0. The summed E-state index contributed by atoms with van der Waals surface area (Å²) in [6, 6.07) is 0. The number of amides is 2. The molecule has 0 fully saturated rings. The molecule has 0 aromatic heterocycles. The first-order valence-electron chi connectivity index (χ1n) is 4.32. The summed E-state index contributed by atoms with van der Waals surface area (Å²) in [4.78, 5) is 21.2. The Labute approximate surface area is 83.7 Å². The first-order chi connectivity index (χ1) is 6.16. The molecule has 0 aliphatic rings. The van der Waals surface area contributed by atoms with Crippen LogP contribution in [0.25, 0.3) is 0 Å². The van der Waals surface area contributed by atoms with Crippen LogP contribution < -0.4 is 11.1 Å². The van der Waals surface area contributed by atoms with Gasteiger partial charge in [-0.1, -0.05) is 0 Å². The molecule has 0 saturated heterocycles. The number of rotatable bonds is 7. The summed E-state index contributed by atoms with van der Waals surface area (Å²) in [6.07, 6.45) is 2.36. The van der Waals surface area contributed by atoms with Crippen LogP contribution in [0.3, 0.4) is 0 Å². The second-order valence-electron chi connectivity index (χ2n) is 2.75. The molecule has 13 heavy (non-hydrogen) atoms. The Morgan fingerprint density at radius 3 is 2.46 bits per heavy atom. The van der Waals surface area contributed by atoms with Crippen molar-refractivity contribution >= 4 is 24.4 Å². The Kier molecular flexibility index (Phi) is 7.48. The van der Waals surface area contributed by atoms with Gasteiger partial charge in [-0.05, 0) is 18.6 Å². The molecule has 0 bridgehead atoms. The van der Waals surface area contributed by atoms with Crippen LogP contribution in [0.1, 0.15) is 25.7 Å². The highest BCUT2D eigenvalue weighted by molar-refractivity contribution is 7.80. The summed E-state index contributed by atoms with van der Waals surface area (Å²) in [6.45, 7) is 0.611. The SMILES string of the molecule is NC(=O)CCCCNC(=O)CCS. The van der Waals surface area contributed by atoms with Gasteiger partial charge in [-0.15, -0.1) is 0 Å². The summed E-state index contributed by atoms with van der Waals surface area (Å²) in [5.41, 5.74) is 4.95. The number of primary amides is 1. The van der Waals surface area contributed by atoms with E-state index in [-0.39, 0.29) is 11.8 Å². The van der Waals surface area contributed by atoms with Gasteiger partial charge in [0.25, 0.3) is 0 Å². The van der Waals surface area contributed by atoms with Crippen molar-refractivity contribution in [3.05, 3.63) is 0 Å². The van der Waals surface area contributed by atoms with Gasteiger partial charge in [0.15, 0.2) is 0 Å². The molecule has 0 spiro atoms. The van der Waals surface area contributed by atoms with Gasteiger partial charge in [-0.3, -0.25) is 9.59 Å². The normalized spacial score (nSPS) is 9.62. The van der Waals surface area contributed by atoms with Crippen LogP contribution in [0.2, 0.25) is 0 Å². The molecule has 0 unspecified atom stereocenters. The molecule has 0 radical (unpaired) electrons. The molecule has 0 aliphatic carbocycles. The number of unbranched alkanes of at least 4 members (excludes halogenated alkanes) is 1. The van der Waals surface area contributed by atoms with E-state index in [1.807, 2.05) is 0 Å². The molecule has 0 saturated carbocycles. The predicted molar refractivity (Wildman–Crippen MR) is 54.5 cm³/mol. The molecule has 0 heterocycles. The average Bonchev–Trinajstić information content (AvgIpc) is 2.03. The van der Waals surface area contributed by atoms with Gasteiger partial charge in [0.1, 0.15) is 0 Å². The molecular weight excluding hydrogens is 188 g/mol. The first kappa shape index (κ1) is 12.3. The predicted octanol–water partition coefficient (Wildman–Crippen LogP) is 0.0781. The molecule has 4 nitrogen and oxygen atoms in total. The maximum absolute atomic E-state index is 10.9. The summed E-state index contributed by atoms with van der Waals surface area (Å²) in [5.74, 6) is 0.281. The van der Waals surface area contributed by atoms with Gasteiger partial charge in [0, 0.05) is 19.4 Å². The monoisotopic (exact) mass is 204 g/mol. The molecule has 2 amide bonds. The zero-order chi connectivity index (χ0) is 10.1. The number of carbonyl (C=O) groups excluding carboxylic acids is 2. The van der Waals surface area contributed by atoms with Crippen molar-refractivity contribution in [2.45, 2.75) is 25.7 Å². The highest BCUT2D eigenvalue weighted by atomic mass is 32.1. The quantitative estimate of drug-likeness (QED) is 0.406. The largest absolute Gasteiger partial charge is 0.370 e. The fourth-order valence-corrected chi connectivity index (χ4v) is 1.05. The maximum atomic E-state index is 10.9. The lowest BCUT2D eigenvalue weighted by atomic mass is 10.2. The van der Waals surface area contributed by atoms with E-state index in [4.69, 9.17) is 5.73 Å². The number of nitrogens with one attached hydrogen (secondary N) is 1. The minimum atomic E-state index is -0.290. The van der Waals surface area contributed by atoms with Crippen LogP contribution in [0, 0.1) is 0 Å². The Morgan fingerprint density at radius 2 is 1.92 bits per heavy atom. The van der Waals surface area contributed by atoms with Crippen LogP contribution in [0.5, 0.6) is 0 Å². The summed E-state index contributed by atoms with van der Waals surface area (Å²) in [7, 11) is 0. The lowest BCUT2D eigenvalue weighted by Crippen LogP contribution is -2.24. The van der Waals surface area contributed by atoms with Gasteiger partial charge in [0.05, 0.1) is 0 Å². The standard InChI is InChI=1S/C8H16N2O2S/c9-7(11)3-1-2-5-10-8(12)4-6-13/h13H,1-6H2,(H2,9,11)(H,10,12). The fourth-order valence-electron chi connectivity index (χ4n) is 0.842. The number of hydrogen-bond donors (Lipinski definition) is 3. The van der Waals surface area contributed by atoms with Crippen molar-refractivity contribution in [1.29, 1.82) is 0 Å². The van der Waals surface area contributed by atoms with Crippen LogP contribution in [-0.2, 0) is 9.59 Å². The highest BCUT2D eigenvalue weighted by Gasteiger charge is 1.98. The number of hydrogen-bond acceptors (Lipinski definition) is 3. The van der Waals surface area contributed by atoms with Crippen molar-refractivity contribution in [2.24, 2.45) is 5.73 Å². The minimum Gasteiger partial charge on any atom is -0.370 e. The maximum Gasteiger partial charge on any atom is 0.220 e. The first-order valence-corrected chi connectivity index (χ1v) is 4.96. The number of thiol groups is 1. The van der Waals surface area contributed by atoms with Crippen LogP contribution in [-0.4, -0.2) is 24.1 Å². The topological polar surface area (TPSA) is 72.2 Å². The van der Waals surface area contributed by atoms with Gasteiger partial charge in [-0.2, -0.15) is 12.6 Å². The molecule has 0 aromatic carbocycles. The van der Waals surface area contributed by atoms with E-state index in [0.29, 0.717) is 25.1 Å². The minimum absolute atomic E-state index is 0.00840. The van der Waals surface area contributed by atoms with E-state index in [0.717, 1.165) is 12.8 Å². The third-order valence-corrected chi connectivity index (χ3v) is 1.73. The molecular formula is C8H16N2O2S. The van der Waals surface area contributed by atoms with Crippen molar-refractivity contribution < 1.29 is 9.59 Å². The molecule has 0 aliphatic heterocycles. The summed E-state index contributed by atoms with van der Waals surface area (Å²) in [5, 5.41) is 2.72. The molecule has 0 atom stereocenters. The fraction of sp³-hybridized carbons (Fsp3) is 0.750. The van der Waals surface area contributed by atoms with Gasteiger partial charge in [0.2, 0.25) is 11.8 Å². The summed E-state index contributed by atoms with van der Waals surface area (Å²) >= 11 is 3.93. The van der Waals surface area contributed by atoms with E-state index >= 15 is 0 Å². The van der Waals surface area contributed by atoms with E-state index < -0.39 is 0 Å². The van der Waals surface area contributed by atoms with E-state index in [2.05, 4.69) is 17.9 Å². The third-order valence-electron chi connectivity index (χ3n) is 1.51. The van der Waals surface area contributed by atoms with Gasteiger partial charge in [-0.25, -0.2) is 0 Å². The average molecular weight is 204 g/mol. The van der Waals surface area contributed by atoms with Gasteiger partial charge < -0.3 is 11.1 Å². The number of carbonyl (C=O) groups is 2. The second-order valence-corrected chi connectivity index (χ2v) is 3.19. The van der Waals surface area contributed by atoms with Gasteiger partial charge >= 0.3 is 0 Å².